The number of allylic oxidation sites excluding steroid dienone is 3. The van der Waals surface area contributed by atoms with Crippen molar-refractivity contribution in [3.63, 3.8) is 0 Å². The van der Waals surface area contributed by atoms with Gasteiger partial charge in [0.2, 0.25) is 0 Å². The van der Waals surface area contributed by atoms with Gasteiger partial charge in [-0.1, -0.05) is 18.7 Å². The van der Waals surface area contributed by atoms with Crippen molar-refractivity contribution in [1.29, 1.82) is 0 Å². The summed E-state index contributed by atoms with van der Waals surface area (Å²) >= 11 is 0. The molecule has 0 saturated carbocycles. The van der Waals surface area contributed by atoms with Crippen molar-refractivity contribution in [2.75, 3.05) is 17.4 Å². The third kappa shape index (κ3) is 6.30. The van der Waals surface area contributed by atoms with Crippen LogP contribution in [0.1, 0.15) is 26.3 Å². The molecule has 0 atom stereocenters. The van der Waals surface area contributed by atoms with Gasteiger partial charge in [-0.2, -0.15) is 13.2 Å². The second-order valence-electron chi connectivity index (χ2n) is 7.18. The van der Waals surface area contributed by atoms with E-state index in [0.29, 0.717) is 16.1 Å². The molecule has 2 amide bonds. The minimum Gasteiger partial charge on any atom is -0.355 e. The van der Waals surface area contributed by atoms with Crippen LogP contribution in [0.25, 0.3) is 5.57 Å². The van der Waals surface area contributed by atoms with Crippen molar-refractivity contribution < 1.29 is 22.8 Å². The number of pyridine rings is 2. The summed E-state index contributed by atoms with van der Waals surface area (Å²) in [6.45, 7) is 3.67. The van der Waals surface area contributed by atoms with Crippen LogP contribution in [-0.4, -0.2) is 35.0 Å². The van der Waals surface area contributed by atoms with E-state index in [4.69, 9.17) is 5.84 Å². The fraction of sp³-hybridized carbons (Fsp3) is 0.0833. The molecule has 2 aromatic heterocycles. The van der Waals surface area contributed by atoms with Crippen molar-refractivity contribution in [3.05, 3.63) is 102 Å². The molecule has 0 bridgehead atoms. The first-order valence-electron chi connectivity index (χ1n) is 10.1. The number of halogens is 3. The average molecular weight is 482 g/mol. The summed E-state index contributed by atoms with van der Waals surface area (Å²) < 4.78 is 41.2. The molecular weight excluding hydrogens is 461 g/mol. The van der Waals surface area contributed by atoms with Crippen LogP contribution in [0.15, 0.2) is 85.5 Å². The van der Waals surface area contributed by atoms with Gasteiger partial charge < -0.3 is 10.6 Å². The molecule has 35 heavy (non-hydrogen) atoms. The van der Waals surface area contributed by atoms with Crippen molar-refractivity contribution >= 4 is 28.9 Å². The van der Waals surface area contributed by atoms with Gasteiger partial charge in [-0.25, -0.2) is 10.8 Å². The lowest BCUT2D eigenvalue weighted by atomic mass is 10.1. The molecule has 11 heteroatoms. The highest BCUT2D eigenvalue weighted by Gasteiger charge is 2.37. The van der Waals surface area contributed by atoms with Gasteiger partial charge in [-0.05, 0) is 53.6 Å². The summed E-state index contributed by atoms with van der Waals surface area (Å²) in [4.78, 5) is 32.1. The fourth-order valence-electron chi connectivity index (χ4n) is 2.97. The van der Waals surface area contributed by atoms with Gasteiger partial charge in [-0.15, -0.1) is 0 Å². The third-order valence-corrected chi connectivity index (χ3v) is 4.77. The Bertz CT molecular complexity index is 1260. The largest absolute Gasteiger partial charge is 0.432 e. The number of benzene rings is 1. The van der Waals surface area contributed by atoms with Crippen LogP contribution in [-0.2, 0) is 0 Å². The lowest BCUT2D eigenvalue weighted by Crippen LogP contribution is -2.37. The van der Waals surface area contributed by atoms with Crippen molar-refractivity contribution in [3.8, 4) is 0 Å². The van der Waals surface area contributed by atoms with E-state index in [0.717, 1.165) is 12.3 Å². The Morgan fingerprint density at radius 3 is 2.29 bits per heavy atom. The first-order valence-corrected chi connectivity index (χ1v) is 10.1. The standard InChI is InChI=1S/C24H21F3N6O2/c1-15(18-7-4-10-30-13-18)11-20(24(25,26)27)33(28)19-8-9-21(31-14-19)32-23(35)17-6-3-5-16(12-17)22(34)29-2/h3-14H,1,28H2,2H3,(H,29,34)(H,31,32,35)/b20-11-. The first-order chi connectivity index (χ1) is 16.6. The van der Waals surface area contributed by atoms with Crippen molar-refractivity contribution in [2.24, 2.45) is 5.84 Å². The SMILES string of the molecule is C=C(/C=C(\N(N)c1ccc(NC(=O)c2cccc(C(=O)NC)c2)nc1)C(F)(F)F)c1cccnc1. The topological polar surface area (TPSA) is 113 Å². The molecule has 0 unspecified atom stereocenters. The van der Waals surface area contributed by atoms with Crippen LogP contribution in [0.3, 0.4) is 0 Å². The van der Waals surface area contributed by atoms with Crippen LogP contribution in [0.4, 0.5) is 24.7 Å². The van der Waals surface area contributed by atoms with Crippen LogP contribution >= 0.6 is 0 Å². The number of hydrazine groups is 1. The molecule has 8 nitrogen and oxygen atoms in total. The van der Waals surface area contributed by atoms with E-state index in [1.165, 1.54) is 43.7 Å². The number of nitrogens with zero attached hydrogens (tertiary/aromatic N) is 3. The maximum Gasteiger partial charge on any atom is 0.432 e. The van der Waals surface area contributed by atoms with Gasteiger partial charge in [0.05, 0.1) is 11.9 Å². The third-order valence-electron chi connectivity index (χ3n) is 4.77. The van der Waals surface area contributed by atoms with E-state index >= 15 is 0 Å². The predicted octanol–water partition coefficient (Wildman–Crippen LogP) is 3.93. The predicted molar refractivity (Wildman–Crippen MR) is 126 cm³/mol. The Kier molecular flexibility index (Phi) is 7.62. The van der Waals surface area contributed by atoms with E-state index in [9.17, 15) is 22.8 Å². The maximum atomic E-state index is 13.7. The van der Waals surface area contributed by atoms with Gasteiger partial charge in [0, 0.05) is 30.6 Å². The summed E-state index contributed by atoms with van der Waals surface area (Å²) in [7, 11) is 1.47. The fourth-order valence-corrected chi connectivity index (χ4v) is 2.97. The molecule has 0 fully saturated rings. The number of hydrogen-bond acceptors (Lipinski definition) is 6. The van der Waals surface area contributed by atoms with E-state index in [-0.39, 0.29) is 28.5 Å². The van der Waals surface area contributed by atoms with E-state index in [1.54, 1.807) is 24.3 Å². The number of rotatable bonds is 7. The molecule has 0 spiro atoms. The number of anilines is 2. The maximum absolute atomic E-state index is 13.7. The lowest BCUT2D eigenvalue weighted by molar-refractivity contribution is -0.0933. The molecule has 2 heterocycles. The first kappa shape index (κ1) is 25.1. The number of alkyl halides is 3. The smallest absolute Gasteiger partial charge is 0.355 e. The zero-order chi connectivity index (χ0) is 25.6. The molecule has 3 rings (SSSR count). The summed E-state index contributed by atoms with van der Waals surface area (Å²) in [5.74, 6) is 4.95. The zero-order valence-electron chi connectivity index (χ0n) is 18.5. The quantitative estimate of drug-likeness (QED) is 0.267. The van der Waals surface area contributed by atoms with Gasteiger partial charge in [0.1, 0.15) is 11.5 Å². The number of aromatic nitrogens is 2. The van der Waals surface area contributed by atoms with Crippen molar-refractivity contribution in [1.82, 2.24) is 15.3 Å². The normalized spacial score (nSPS) is 11.5. The molecular formula is C24H21F3N6O2. The highest BCUT2D eigenvalue weighted by molar-refractivity contribution is 6.05. The van der Waals surface area contributed by atoms with Gasteiger partial charge in [-0.3, -0.25) is 19.6 Å². The Hall–Kier alpha value is -4.51. The summed E-state index contributed by atoms with van der Waals surface area (Å²) in [5, 5.41) is 5.42. The van der Waals surface area contributed by atoms with E-state index in [1.807, 2.05) is 0 Å². The average Bonchev–Trinajstić information content (AvgIpc) is 2.86. The molecule has 3 aromatic rings. The highest BCUT2D eigenvalue weighted by atomic mass is 19.4. The second kappa shape index (κ2) is 10.6. The minimum atomic E-state index is -4.79. The second-order valence-corrected chi connectivity index (χ2v) is 7.18. The van der Waals surface area contributed by atoms with Gasteiger partial charge >= 0.3 is 6.18 Å². The Morgan fingerprint density at radius 2 is 1.71 bits per heavy atom. The molecule has 0 aliphatic carbocycles. The van der Waals surface area contributed by atoms with Crippen LogP contribution in [0.2, 0.25) is 0 Å². The van der Waals surface area contributed by atoms with Gasteiger partial charge in [0.25, 0.3) is 11.8 Å². The molecule has 180 valence electrons. The van der Waals surface area contributed by atoms with E-state index < -0.39 is 17.8 Å². The number of amides is 2. The van der Waals surface area contributed by atoms with E-state index in [2.05, 4.69) is 27.2 Å². The van der Waals surface area contributed by atoms with Crippen LogP contribution < -0.4 is 21.5 Å². The molecule has 0 aliphatic heterocycles. The molecule has 0 radical (unpaired) electrons. The molecule has 1 aromatic carbocycles. The number of carbonyl (C=O) groups excluding carboxylic acids is 2. The molecule has 4 N–H and O–H groups in total. The minimum absolute atomic E-state index is 0.0664. The molecule has 0 saturated heterocycles. The lowest BCUT2D eigenvalue weighted by Gasteiger charge is -2.24. The highest BCUT2D eigenvalue weighted by Crippen LogP contribution is 2.32. The number of carbonyl (C=O) groups is 2. The van der Waals surface area contributed by atoms with Crippen molar-refractivity contribution in [2.45, 2.75) is 6.18 Å². The Balaban J connectivity index is 1.79. The summed E-state index contributed by atoms with van der Waals surface area (Å²) in [6, 6.07) is 11.7. The summed E-state index contributed by atoms with van der Waals surface area (Å²) in [6.07, 6.45) is -0.0141. The van der Waals surface area contributed by atoms with Crippen LogP contribution in [0, 0.1) is 0 Å². The Labute approximate surface area is 199 Å². The molecule has 0 aliphatic rings. The Morgan fingerprint density at radius 1 is 1.03 bits per heavy atom. The van der Waals surface area contributed by atoms with Crippen LogP contribution in [0.5, 0.6) is 0 Å². The van der Waals surface area contributed by atoms with Gasteiger partial charge in [0.15, 0.2) is 0 Å². The zero-order valence-corrected chi connectivity index (χ0v) is 18.5. The summed E-state index contributed by atoms with van der Waals surface area (Å²) in [5.41, 5.74) is -0.283. The number of hydrogen-bond donors (Lipinski definition) is 3. The monoisotopic (exact) mass is 482 g/mol. The number of nitrogens with one attached hydrogen (secondary N) is 2. The number of nitrogens with two attached hydrogens (primary N) is 1.